The number of methoxy groups -OCH3 is 1. The van der Waals surface area contributed by atoms with Gasteiger partial charge >= 0.3 is 0 Å². The molecule has 1 fully saturated rings. The van der Waals surface area contributed by atoms with Crippen LogP contribution in [0, 0.1) is 0 Å². The number of hydrogen-bond acceptors (Lipinski definition) is 5. The number of ether oxygens (including phenoxy) is 2. The number of carbonyl (C=O) groups is 1. The van der Waals surface area contributed by atoms with E-state index in [2.05, 4.69) is 31.1 Å². The number of nitrogens with zero attached hydrogens (tertiary/aromatic N) is 2. The standard InChI is InChI=1S/C19H22BrN3O3/c1-25-17-4-2-14(3-5-17)18(23-6-8-26-9-7-23)13-22-19(24)15-10-16(20)12-21-11-15/h2-5,10-12,18H,6-9,13H2,1H3,(H,22,24)/t18-/m0/s1. The molecule has 7 heteroatoms. The van der Waals surface area contributed by atoms with Crippen LogP contribution >= 0.6 is 15.9 Å². The normalized spacial score (nSPS) is 16.1. The fraction of sp³-hybridized carbons (Fsp3) is 0.368. The van der Waals surface area contributed by atoms with Gasteiger partial charge in [0.25, 0.3) is 5.91 Å². The van der Waals surface area contributed by atoms with Crippen LogP contribution in [0.1, 0.15) is 22.0 Å². The molecule has 0 bridgehead atoms. The molecule has 2 aromatic rings. The molecule has 0 radical (unpaired) electrons. The van der Waals surface area contributed by atoms with Crippen molar-refractivity contribution in [2.45, 2.75) is 6.04 Å². The highest BCUT2D eigenvalue weighted by Gasteiger charge is 2.23. The van der Waals surface area contributed by atoms with Crippen molar-refractivity contribution >= 4 is 21.8 Å². The molecule has 1 N–H and O–H groups in total. The van der Waals surface area contributed by atoms with Crippen molar-refractivity contribution in [2.24, 2.45) is 0 Å². The first kappa shape index (κ1) is 18.8. The maximum absolute atomic E-state index is 12.5. The average Bonchev–Trinajstić information content (AvgIpc) is 2.69. The van der Waals surface area contributed by atoms with Crippen LogP contribution in [0.5, 0.6) is 5.75 Å². The van der Waals surface area contributed by atoms with Crippen LogP contribution in [0.15, 0.2) is 47.2 Å². The third-order valence-corrected chi connectivity index (χ3v) is 4.84. The Morgan fingerprint density at radius 2 is 2.04 bits per heavy atom. The number of amides is 1. The molecule has 0 aliphatic carbocycles. The summed E-state index contributed by atoms with van der Waals surface area (Å²) in [4.78, 5) is 18.9. The largest absolute Gasteiger partial charge is 0.497 e. The number of benzene rings is 1. The second-order valence-corrected chi connectivity index (χ2v) is 6.95. The molecule has 1 aromatic heterocycles. The van der Waals surface area contributed by atoms with Crippen molar-refractivity contribution in [1.29, 1.82) is 0 Å². The molecule has 6 nitrogen and oxygen atoms in total. The van der Waals surface area contributed by atoms with Gasteiger partial charge in [0.05, 0.1) is 31.9 Å². The van der Waals surface area contributed by atoms with Crippen molar-refractivity contribution in [3.8, 4) is 5.75 Å². The van der Waals surface area contributed by atoms with Gasteiger partial charge in [-0.05, 0) is 39.7 Å². The minimum atomic E-state index is -0.134. The van der Waals surface area contributed by atoms with Crippen LogP contribution in [0.4, 0.5) is 0 Å². The van der Waals surface area contributed by atoms with E-state index < -0.39 is 0 Å². The first-order valence-corrected chi connectivity index (χ1v) is 9.31. The smallest absolute Gasteiger partial charge is 0.252 e. The summed E-state index contributed by atoms with van der Waals surface area (Å²) in [5.41, 5.74) is 1.68. The molecule has 1 saturated heterocycles. The van der Waals surface area contributed by atoms with E-state index in [-0.39, 0.29) is 11.9 Å². The third kappa shape index (κ3) is 4.81. The Kier molecular flexibility index (Phi) is 6.60. The van der Waals surface area contributed by atoms with Crippen molar-refractivity contribution in [3.05, 3.63) is 58.3 Å². The van der Waals surface area contributed by atoms with Gasteiger partial charge in [0.1, 0.15) is 5.75 Å². The van der Waals surface area contributed by atoms with Crippen LogP contribution in [0.3, 0.4) is 0 Å². The summed E-state index contributed by atoms with van der Waals surface area (Å²) in [5.74, 6) is 0.685. The zero-order chi connectivity index (χ0) is 18.4. The molecule has 3 rings (SSSR count). The molecular formula is C19H22BrN3O3. The first-order valence-electron chi connectivity index (χ1n) is 8.52. The maximum Gasteiger partial charge on any atom is 0.252 e. The Hall–Kier alpha value is -1.96. The van der Waals surface area contributed by atoms with Gasteiger partial charge in [-0.2, -0.15) is 0 Å². The van der Waals surface area contributed by atoms with E-state index in [1.54, 1.807) is 25.6 Å². The van der Waals surface area contributed by atoms with E-state index in [1.165, 1.54) is 0 Å². The third-order valence-electron chi connectivity index (χ3n) is 4.41. The van der Waals surface area contributed by atoms with E-state index >= 15 is 0 Å². The van der Waals surface area contributed by atoms with E-state index in [4.69, 9.17) is 9.47 Å². The Bertz CT molecular complexity index is 733. The van der Waals surface area contributed by atoms with Gasteiger partial charge in [-0.3, -0.25) is 14.7 Å². The number of carbonyl (C=O) groups excluding carboxylic acids is 1. The van der Waals surface area contributed by atoms with E-state index in [1.807, 2.05) is 24.3 Å². The van der Waals surface area contributed by atoms with E-state index in [0.717, 1.165) is 28.9 Å². The first-order chi connectivity index (χ1) is 12.7. The number of nitrogens with one attached hydrogen (secondary N) is 1. The number of hydrogen-bond donors (Lipinski definition) is 1. The lowest BCUT2D eigenvalue weighted by Crippen LogP contribution is -2.43. The second-order valence-electron chi connectivity index (χ2n) is 6.04. The number of halogens is 1. The number of rotatable bonds is 6. The Labute approximate surface area is 161 Å². The maximum atomic E-state index is 12.5. The molecule has 1 amide bonds. The molecule has 0 spiro atoms. The van der Waals surface area contributed by atoms with Gasteiger partial charge < -0.3 is 14.8 Å². The van der Waals surface area contributed by atoms with Crippen molar-refractivity contribution in [2.75, 3.05) is 40.0 Å². The zero-order valence-electron chi connectivity index (χ0n) is 14.7. The molecule has 1 atom stereocenters. The Morgan fingerprint density at radius 3 is 2.69 bits per heavy atom. The summed E-state index contributed by atoms with van der Waals surface area (Å²) in [6.45, 7) is 3.60. The van der Waals surface area contributed by atoms with Gasteiger partial charge in [-0.25, -0.2) is 0 Å². The topological polar surface area (TPSA) is 63.7 Å². The molecule has 26 heavy (non-hydrogen) atoms. The zero-order valence-corrected chi connectivity index (χ0v) is 16.2. The summed E-state index contributed by atoms with van der Waals surface area (Å²) < 4.78 is 11.5. The molecule has 0 saturated carbocycles. The highest BCUT2D eigenvalue weighted by Crippen LogP contribution is 2.24. The molecule has 1 aliphatic heterocycles. The SMILES string of the molecule is COc1ccc([C@H](CNC(=O)c2cncc(Br)c2)N2CCOCC2)cc1. The quantitative estimate of drug-likeness (QED) is 0.779. The summed E-state index contributed by atoms with van der Waals surface area (Å²) in [6.07, 6.45) is 3.22. The van der Waals surface area contributed by atoms with Gasteiger partial charge in [0, 0.05) is 36.5 Å². The molecule has 0 unspecified atom stereocenters. The van der Waals surface area contributed by atoms with Crippen LogP contribution < -0.4 is 10.1 Å². The van der Waals surface area contributed by atoms with Crippen LogP contribution in [-0.4, -0.2) is 55.7 Å². The minimum Gasteiger partial charge on any atom is -0.497 e. The summed E-state index contributed by atoms with van der Waals surface area (Å²) in [5, 5.41) is 3.04. The molecule has 1 aromatic carbocycles. The summed E-state index contributed by atoms with van der Waals surface area (Å²) in [6, 6.07) is 9.83. The van der Waals surface area contributed by atoms with Crippen molar-refractivity contribution in [1.82, 2.24) is 15.2 Å². The molecule has 2 heterocycles. The lowest BCUT2D eigenvalue weighted by molar-refractivity contribution is 0.0162. The lowest BCUT2D eigenvalue weighted by atomic mass is 10.0. The Balaban J connectivity index is 1.73. The predicted octanol–water partition coefficient (Wildman–Crippen LogP) is 2.66. The summed E-state index contributed by atoms with van der Waals surface area (Å²) in [7, 11) is 1.65. The van der Waals surface area contributed by atoms with Crippen LogP contribution in [0.25, 0.3) is 0 Å². The number of aromatic nitrogens is 1. The van der Waals surface area contributed by atoms with Crippen LogP contribution in [0.2, 0.25) is 0 Å². The molecule has 1 aliphatic rings. The fourth-order valence-electron chi connectivity index (χ4n) is 3.00. The second kappa shape index (κ2) is 9.12. The van der Waals surface area contributed by atoms with Gasteiger partial charge in [-0.1, -0.05) is 12.1 Å². The average molecular weight is 420 g/mol. The summed E-state index contributed by atoms with van der Waals surface area (Å²) >= 11 is 3.35. The van der Waals surface area contributed by atoms with Crippen molar-refractivity contribution in [3.63, 3.8) is 0 Å². The minimum absolute atomic E-state index is 0.0777. The predicted molar refractivity (Wildman–Crippen MR) is 102 cm³/mol. The highest BCUT2D eigenvalue weighted by molar-refractivity contribution is 9.10. The molecular weight excluding hydrogens is 398 g/mol. The van der Waals surface area contributed by atoms with Crippen molar-refractivity contribution < 1.29 is 14.3 Å². The van der Waals surface area contributed by atoms with Crippen LogP contribution in [-0.2, 0) is 4.74 Å². The molecule has 138 valence electrons. The van der Waals surface area contributed by atoms with E-state index in [9.17, 15) is 4.79 Å². The van der Waals surface area contributed by atoms with Gasteiger partial charge in [-0.15, -0.1) is 0 Å². The Morgan fingerprint density at radius 1 is 1.31 bits per heavy atom. The lowest BCUT2D eigenvalue weighted by Gasteiger charge is -2.35. The fourth-order valence-corrected chi connectivity index (χ4v) is 3.37. The van der Waals surface area contributed by atoms with Gasteiger partial charge in [0.15, 0.2) is 0 Å². The monoisotopic (exact) mass is 419 g/mol. The van der Waals surface area contributed by atoms with E-state index in [0.29, 0.717) is 25.3 Å². The highest BCUT2D eigenvalue weighted by atomic mass is 79.9. The van der Waals surface area contributed by atoms with Gasteiger partial charge in [0.2, 0.25) is 0 Å². The number of pyridine rings is 1. The number of morpholine rings is 1.